The van der Waals surface area contributed by atoms with Crippen LogP contribution in [0.2, 0.25) is 0 Å². The summed E-state index contributed by atoms with van der Waals surface area (Å²) in [5.41, 5.74) is 4.50. The van der Waals surface area contributed by atoms with Crippen LogP contribution in [0.3, 0.4) is 0 Å². The summed E-state index contributed by atoms with van der Waals surface area (Å²) in [6.07, 6.45) is 0. The zero-order valence-electron chi connectivity index (χ0n) is 3.90. The predicted molar refractivity (Wildman–Crippen MR) is 32.2 cm³/mol. The number of nitrogens with two attached hydrogens (primary N) is 1. The van der Waals surface area contributed by atoms with Gasteiger partial charge in [0.25, 0.3) is 0 Å². The van der Waals surface area contributed by atoms with Gasteiger partial charge < -0.3 is 11.2 Å². The van der Waals surface area contributed by atoms with Crippen molar-refractivity contribution in [2.75, 3.05) is 7.05 Å². The fraction of sp³-hybridized carbons (Fsp3) is 0.333. The Morgan fingerprint density at radius 1 is 1.17 bits per heavy atom. The Morgan fingerprint density at radius 3 is 1.17 bits per heavy atom. The monoisotopic (exact) mass is 113 g/mol. The number of hydrogen-bond donors (Lipinski definition) is 1. The first-order valence-corrected chi connectivity index (χ1v) is 1.08. The van der Waals surface area contributed by atoms with Gasteiger partial charge in [-0.05, 0) is 7.05 Å². The smallest absolute Gasteiger partial charge is 0.0195 e. The molecule has 0 unspecified atom stereocenters. The van der Waals surface area contributed by atoms with Crippen LogP contribution in [0.4, 0.5) is 0 Å². The highest BCUT2D eigenvalue weighted by Crippen LogP contribution is 0.862. The Bertz CT molecular complexity index is 10.8. The Morgan fingerprint density at radius 2 is 1.17 bits per heavy atom. The van der Waals surface area contributed by atoms with Crippen molar-refractivity contribution in [3.8, 4) is 0 Å². The van der Waals surface area contributed by atoms with Crippen LogP contribution in [0.1, 0.15) is 0 Å². The van der Waals surface area contributed by atoms with E-state index >= 15 is 0 Å². The molecule has 0 amide bonds. The van der Waals surface area contributed by atoms with Gasteiger partial charge in [0.15, 0.2) is 0 Å². The third-order valence-electron chi connectivity index (χ3n) is 0. The molecule has 4 N–H and O–H groups in total. The van der Waals surface area contributed by atoms with Crippen LogP contribution in [0.15, 0.2) is 13.2 Å². The second-order valence-corrected chi connectivity index (χ2v) is 0. The van der Waals surface area contributed by atoms with E-state index in [0.717, 1.165) is 0 Å². The van der Waals surface area contributed by atoms with Gasteiger partial charge in [0.05, 0.1) is 0 Å². The highest BCUT2D eigenvalue weighted by Gasteiger charge is 0.836. The van der Waals surface area contributed by atoms with Gasteiger partial charge in [0.2, 0.25) is 0 Å². The van der Waals surface area contributed by atoms with E-state index in [1.165, 1.54) is 7.05 Å². The highest BCUT2D eigenvalue weighted by molar-refractivity contribution is 5.85. The summed E-state index contributed by atoms with van der Waals surface area (Å²) < 4.78 is 0. The fourth-order valence-electron chi connectivity index (χ4n) is 0. The summed E-state index contributed by atoms with van der Waals surface area (Å²) in [7, 11) is 1.50. The van der Waals surface area contributed by atoms with Crippen LogP contribution in [0, 0.1) is 0 Å². The topological polar surface area (TPSA) is 57.5 Å². The predicted octanol–water partition coefficient (Wildman–Crippen LogP) is -0.0258. The Hall–Kier alpha value is -0.0500. The largest absolute Gasteiger partial charge is 0.412 e. The minimum absolute atomic E-state index is 0. The lowest BCUT2D eigenvalue weighted by atomic mass is 11.3. The molecule has 0 aliphatic carbocycles. The zero-order valence-corrected chi connectivity index (χ0v) is 4.72. The zero-order chi connectivity index (χ0) is 4.00. The lowest BCUT2D eigenvalue weighted by molar-refractivity contribution is 0.824. The number of hydrogen-bond acceptors (Lipinski definition) is 1. The number of rotatable bonds is 0. The van der Waals surface area contributed by atoms with Crippen molar-refractivity contribution in [3.63, 3.8) is 0 Å². The number of halogens is 1. The molecule has 0 aromatic rings. The van der Waals surface area contributed by atoms with Crippen molar-refractivity contribution in [3.05, 3.63) is 13.2 Å². The summed E-state index contributed by atoms with van der Waals surface area (Å²) in [4.78, 5) is 0. The first kappa shape index (κ1) is 38.3. The average molecular weight is 114 g/mol. The normalized spacial score (nSPS) is 1.67. The quantitative estimate of drug-likeness (QED) is 0.441. The lowest BCUT2D eigenvalue weighted by Crippen LogP contribution is -1.69. The van der Waals surface area contributed by atoms with Crippen molar-refractivity contribution in [1.29, 1.82) is 0 Å². The van der Waals surface area contributed by atoms with E-state index in [2.05, 4.69) is 18.9 Å². The van der Waals surface area contributed by atoms with Crippen LogP contribution in [-0.2, 0) is 0 Å². The molecule has 2 nitrogen and oxygen atoms in total. The minimum atomic E-state index is 0. The molecule has 0 spiro atoms. The maximum absolute atomic E-state index is 4.50. The maximum atomic E-state index is 4.50. The summed E-state index contributed by atoms with van der Waals surface area (Å²) in [5.74, 6) is 0. The van der Waals surface area contributed by atoms with Crippen molar-refractivity contribution in [2.24, 2.45) is 5.73 Å². The molecule has 0 aliphatic heterocycles. The van der Waals surface area contributed by atoms with Gasteiger partial charge >= 0.3 is 0 Å². The molecule has 0 saturated carbocycles. The molecule has 0 atom stereocenters. The standard InChI is InChI=1S/C2H4.CH5N.ClH.H2O/c2*1-2;;/h1-2H2;2H2,1H3;1H;1H2. The van der Waals surface area contributed by atoms with Gasteiger partial charge in [-0.2, -0.15) is 0 Å². The first-order valence-electron chi connectivity index (χ1n) is 1.08. The van der Waals surface area contributed by atoms with Gasteiger partial charge in [0.1, 0.15) is 0 Å². The van der Waals surface area contributed by atoms with Crippen LogP contribution in [0.5, 0.6) is 0 Å². The molecule has 0 fully saturated rings. The van der Waals surface area contributed by atoms with Crippen molar-refractivity contribution in [2.45, 2.75) is 0 Å². The third-order valence-corrected chi connectivity index (χ3v) is 0. The van der Waals surface area contributed by atoms with Gasteiger partial charge in [0, 0.05) is 0 Å². The van der Waals surface area contributed by atoms with E-state index in [0.29, 0.717) is 0 Å². The maximum Gasteiger partial charge on any atom is -0.0195 e. The highest BCUT2D eigenvalue weighted by atomic mass is 35.5. The average Bonchev–Trinajstić information content (AvgIpc) is 1.50. The van der Waals surface area contributed by atoms with E-state index < -0.39 is 0 Å². The molecule has 42 valence electrons. The molecule has 0 bridgehead atoms. The summed E-state index contributed by atoms with van der Waals surface area (Å²) in [6, 6.07) is 0. The Labute approximate surface area is 44.8 Å². The Kier molecular flexibility index (Phi) is 197000. The molecule has 0 aliphatic rings. The van der Waals surface area contributed by atoms with Gasteiger partial charge in [-0.15, -0.1) is 25.6 Å². The molecule has 0 rings (SSSR count). The van der Waals surface area contributed by atoms with Crippen molar-refractivity contribution >= 4 is 12.4 Å². The summed E-state index contributed by atoms with van der Waals surface area (Å²) in [5, 5.41) is 0. The molecular formula is C3H12ClNO. The van der Waals surface area contributed by atoms with Gasteiger partial charge in [-0.1, -0.05) is 0 Å². The van der Waals surface area contributed by atoms with E-state index in [4.69, 9.17) is 0 Å². The lowest BCUT2D eigenvalue weighted by Gasteiger charge is -1.19. The van der Waals surface area contributed by atoms with E-state index in [1.807, 2.05) is 0 Å². The van der Waals surface area contributed by atoms with Crippen LogP contribution < -0.4 is 5.73 Å². The molecule has 0 aromatic heterocycles. The fourth-order valence-corrected chi connectivity index (χ4v) is 0. The summed E-state index contributed by atoms with van der Waals surface area (Å²) >= 11 is 0. The molecular weight excluding hydrogens is 101 g/mol. The summed E-state index contributed by atoms with van der Waals surface area (Å²) in [6.45, 7) is 6.00. The molecule has 0 radical (unpaired) electrons. The SMILES string of the molecule is C=C.CN.Cl.O. The van der Waals surface area contributed by atoms with Gasteiger partial charge in [-0.3, -0.25) is 0 Å². The molecule has 3 heteroatoms. The van der Waals surface area contributed by atoms with Crippen LogP contribution >= 0.6 is 12.4 Å². The third kappa shape index (κ3) is 13700. The molecule has 6 heavy (non-hydrogen) atoms. The molecule has 0 saturated heterocycles. The Balaban J connectivity index is -0.00000000500. The van der Waals surface area contributed by atoms with E-state index in [1.54, 1.807) is 0 Å². The van der Waals surface area contributed by atoms with E-state index in [9.17, 15) is 0 Å². The second-order valence-electron chi connectivity index (χ2n) is 0. The molecule has 0 aromatic carbocycles. The van der Waals surface area contributed by atoms with Crippen LogP contribution in [-0.4, -0.2) is 12.5 Å². The molecule has 0 heterocycles. The van der Waals surface area contributed by atoms with Crippen molar-refractivity contribution < 1.29 is 5.48 Å². The second kappa shape index (κ2) is 30900. The van der Waals surface area contributed by atoms with Gasteiger partial charge in [-0.25, -0.2) is 0 Å². The van der Waals surface area contributed by atoms with Crippen molar-refractivity contribution in [1.82, 2.24) is 0 Å². The minimum Gasteiger partial charge on any atom is -0.412 e. The van der Waals surface area contributed by atoms with E-state index in [-0.39, 0.29) is 17.9 Å². The first-order chi connectivity index (χ1) is 2.00. The van der Waals surface area contributed by atoms with Crippen LogP contribution in [0.25, 0.3) is 0 Å².